The number of amides is 2. The van der Waals surface area contributed by atoms with Gasteiger partial charge in [-0.25, -0.2) is 4.79 Å². The summed E-state index contributed by atoms with van der Waals surface area (Å²) in [6, 6.07) is 0.939. The van der Waals surface area contributed by atoms with E-state index < -0.39 is 0 Å². The van der Waals surface area contributed by atoms with Gasteiger partial charge in [-0.05, 0) is 20.3 Å². The van der Waals surface area contributed by atoms with Crippen molar-refractivity contribution in [2.75, 3.05) is 47.4 Å². The predicted molar refractivity (Wildman–Crippen MR) is 72.8 cm³/mol. The van der Waals surface area contributed by atoms with E-state index in [2.05, 4.69) is 18.7 Å². The lowest BCUT2D eigenvalue weighted by Crippen LogP contribution is -2.59. The summed E-state index contributed by atoms with van der Waals surface area (Å²) in [6.07, 6.45) is 1.05. The quantitative estimate of drug-likeness (QED) is 0.708. The monoisotopic (exact) mass is 257 g/mol. The van der Waals surface area contributed by atoms with Crippen LogP contribution in [0.2, 0.25) is 0 Å². The molecule has 0 aromatic heterocycles. The molecule has 2 atom stereocenters. The number of piperazine rings is 1. The molecule has 1 saturated heterocycles. The van der Waals surface area contributed by atoms with Gasteiger partial charge < -0.3 is 14.5 Å². The molecule has 0 aromatic rings. The normalized spacial score (nSPS) is 25.3. The maximum Gasteiger partial charge on any atom is 0.319 e. The molecule has 2 amide bonds. The van der Waals surface area contributed by atoms with Crippen LogP contribution in [0.25, 0.3) is 0 Å². The summed E-state index contributed by atoms with van der Waals surface area (Å²) in [4.78, 5) is 18.0. The van der Waals surface area contributed by atoms with Gasteiger partial charge in [-0.2, -0.15) is 0 Å². The van der Waals surface area contributed by atoms with Crippen LogP contribution in [0.5, 0.6) is 0 Å². The Balaban J connectivity index is 2.51. The smallest absolute Gasteiger partial charge is 0.319 e. The summed E-state index contributed by atoms with van der Waals surface area (Å²) >= 11 is 0. The second kappa shape index (κ2) is 6.95. The molecule has 0 saturated carbocycles. The number of hydrogen-bond acceptors (Lipinski definition) is 3. The van der Waals surface area contributed by atoms with Crippen molar-refractivity contribution in [3.63, 3.8) is 0 Å². The molecule has 0 radical (unpaired) electrons. The standard InChI is InChI=1S/C13H27N3O2/c1-11-9-15(13(17)14(3)4)10-12(2)16(11)7-6-8-18-5/h11-12H,6-10H2,1-5H3. The Bertz CT molecular complexity index is 259. The number of methoxy groups -OCH3 is 1. The molecule has 5 heteroatoms. The number of hydrogen-bond donors (Lipinski definition) is 0. The minimum atomic E-state index is 0.116. The third kappa shape index (κ3) is 3.85. The first-order chi connectivity index (χ1) is 8.47. The Labute approximate surface area is 111 Å². The van der Waals surface area contributed by atoms with Crippen LogP contribution in [0.4, 0.5) is 4.79 Å². The van der Waals surface area contributed by atoms with Gasteiger partial charge in [0.2, 0.25) is 0 Å². The van der Waals surface area contributed by atoms with Crippen LogP contribution in [-0.2, 0) is 4.74 Å². The van der Waals surface area contributed by atoms with Crippen LogP contribution in [0.1, 0.15) is 20.3 Å². The molecular weight excluding hydrogens is 230 g/mol. The average molecular weight is 257 g/mol. The van der Waals surface area contributed by atoms with Crippen LogP contribution in [0.15, 0.2) is 0 Å². The molecule has 0 aliphatic carbocycles. The highest BCUT2D eigenvalue weighted by Gasteiger charge is 2.31. The molecule has 0 aromatic carbocycles. The third-order valence-electron chi connectivity index (χ3n) is 3.52. The molecule has 5 nitrogen and oxygen atoms in total. The highest BCUT2D eigenvalue weighted by atomic mass is 16.5. The first-order valence-corrected chi connectivity index (χ1v) is 6.68. The molecule has 1 heterocycles. The van der Waals surface area contributed by atoms with Crippen LogP contribution >= 0.6 is 0 Å². The molecule has 106 valence electrons. The van der Waals surface area contributed by atoms with Gasteiger partial charge in [-0.1, -0.05) is 0 Å². The van der Waals surface area contributed by atoms with Gasteiger partial charge in [0, 0.05) is 59.5 Å². The zero-order valence-corrected chi connectivity index (χ0v) is 12.3. The number of carbonyl (C=O) groups is 1. The zero-order chi connectivity index (χ0) is 13.7. The minimum Gasteiger partial charge on any atom is -0.385 e. The lowest BCUT2D eigenvalue weighted by Gasteiger charge is -2.45. The predicted octanol–water partition coefficient (Wildman–Crippen LogP) is 1.10. The molecule has 1 aliphatic rings. The van der Waals surface area contributed by atoms with Crippen LogP contribution in [0.3, 0.4) is 0 Å². The fourth-order valence-electron chi connectivity index (χ4n) is 2.63. The van der Waals surface area contributed by atoms with E-state index in [9.17, 15) is 4.79 Å². The van der Waals surface area contributed by atoms with E-state index in [0.29, 0.717) is 12.1 Å². The van der Waals surface area contributed by atoms with Crippen LogP contribution in [0, 0.1) is 0 Å². The Morgan fingerprint density at radius 3 is 2.28 bits per heavy atom. The van der Waals surface area contributed by atoms with E-state index in [1.807, 2.05) is 19.0 Å². The third-order valence-corrected chi connectivity index (χ3v) is 3.52. The highest BCUT2D eigenvalue weighted by molar-refractivity contribution is 5.74. The molecular formula is C13H27N3O2. The first kappa shape index (κ1) is 15.2. The number of nitrogens with zero attached hydrogens (tertiary/aromatic N) is 3. The van der Waals surface area contributed by atoms with Gasteiger partial charge >= 0.3 is 6.03 Å². The minimum absolute atomic E-state index is 0.116. The SMILES string of the molecule is COCCCN1C(C)CN(C(=O)N(C)C)CC1C. The molecule has 2 unspecified atom stereocenters. The number of ether oxygens (including phenoxy) is 1. The molecule has 1 rings (SSSR count). The van der Waals surface area contributed by atoms with Gasteiger partial charge in [0.1, 0.15) is 0 Å². The number of rotatable bonds is 4. The molecule has 0 N–H and O–H groups in total. The van der Waals surface area contributed by atoms with Gasteiger partial charge in [-0.3, -0.25) is 4.90 Å². The van der Waals surface area contributed by atoms with E-state index in [4.69, 9.17) is 4.74 Å². The lowest BCUT2D eigenvalue weighted by molar-refractivity contribution is 0.0422. The van der Waals surface area contributed by atoms with Gasteiger partial charge in [0.25, 0.3) is 0 Å². The first-order valence-electron chi connectivity index (χ1n) is 6.68. The van der Waals surface area contributed by atoms with Crippen molar-refractivity contribution < 1.29 is 9.53 Å². The van der Waals surface area contributed by atoms with E-state index >= 15 is 0 Å². The lowest BCUT2D eigenvalue weighted by atomic mass is 10.1. The number of urea groups is 1. The van der Waals surface area contributed by atoms with Crippen molar-refractivity contribution in [1.82, 2.24) is 14.7 Å². The van der Waals surface area contributed by atoms with Gasteiger partial charge in [0.05, 0.1) is 0 Å². The molecule has 1 aliphatic heterocycles. The van der Waals surface area contributed by atoms with Crippen molar-refractivity contribution in [3.05, 3.63) is 0 Å². The maximum atomic E-state index is 12.0. The fraction of sp³-hybridized carbons (Fsp3) is 0.923. The van der Waals surface area contributed by atoms with E-state index in [1.165, 1.54) is 0 Å². The van der Waals surface area contributed by atoms with Crippen molar-refractivity contribution in [2.45, 2.75) is 32.4 Å². The summed E-state index contributed by atoms with van der Waals surface area (Å²) in [7, 11) is 5.35. The topological polar surface area (TPSA) is 36.0 Å². The van der Waals surface area contributed by atoms with Crippen molar-refractivity contribution in [3.8, 4) is 0 Å². The second-order valence-electron chi connectivity index (χ2n) is 5.36. The maximum absolute atomic E-state index is 12.0. The Kier molecular flexibility index (Phi) is 5.88. The van der Waals surface area contributed by atoms with E-state index in [-0.39, 0.29) is 6.03 Å². The van der Waals surface area contributed by atoms with Crippen molar-refractivity contribution in [1.29, 1.82) is 0 Å². The van der Waals surface area contributed by atoms with Gasteiger partial charge in [0.15, 0.2) is 0 Å². The van der Waals surface area contributed by atoms with Crippen molar-refractivity contribution in [2.24, 2.45) is 0 Å². The van der Waals surface area contributed by atoms with Crippen molar-refractivity contribution >= 4 is 6.03 Å². The Hall–Kier alpha value is -0.810. The van der Waals surface area contributed by atoms with E-state index in [1.54, 1.807) is 12.0 Å². The van der Waals surface area contributed by atoms with Crippen LogP contribution in [-0.4, -0.2) is 80.3 Å². The second-order valence-corrected chi connectivity index (χ2v) is 5.36. The summed E-state index contributed by atoms with van der Waals surface area (Å²) in [5.41, 5.74) is 0. The Morgan fingerprint density at radius 1 is 1.28 bits per heavy atom. The highest BCUT2D eigenvalue weighted by Crippen LogP contribution is 2.16. The average Bonchev–Trinajstić information content (AvgIpc) is 2.31. The largest absolute Gasteiger partial charge is 0.385 e. The molecule has 1 fully saturated rings. The Morgan fingerprint density at radius 2 is 1.83 bits per heavy atom. The number of carbonyl (C=O) groups excluding carboxylic acids is 1. The summed E-state index contributed by atoms with van der Waals surface area (Å²) in [6.45, 7) is 7.86. The van der Waals surface area contributed by atoms with E-state index in [0.717, 1.165) is 32.7 Å². The summed E-state index contributed by atoms with van der Waals surface area (Å²) in [5, 5.41) is 0. The fourth-order valence-corrected chi connectivity index (χ4v) is 2.63. The van der Waals surface area contributed by atoms with Crippen LogP contribution < -0.4 is 0 Å². The molecule has 0 bridgehead atoms. The summed E-state index contributed by atoms with van der Waals surface area (Å²) in [5.74, 6) is 0. The summed E-state index contributed by atoms with van der Waals surface area (Å²) < 4.78 is 5.10. The zero-order valence-electron chi connectivity index (χ0n) is 12.3. The molecule has 18 heavy (non-hydrogen) atoms. The molecule has 0 spiro atoms. The van der Waals surface area contributed by atoms with Gasteiger partial charge in [-0.15, -0.1) is 0 Å².